The second kappa shape index (κ2) is 9.15. The highest BCUT2D eigenvalue weighted by atomic mass is 19.3. The van der Waals surface area contributed by atoms with Crippen LogP contribution in [0.1, 0.15) is 57.8 Å². The summed E-state index contributed by atoms with van der Waals surface area (Å²) in [6.07, 6.45) is 4.00. The number of carbonyl (C=O) groups is 4. The van der Waals surface area contributed by atoms with Gasteiger partial charge in [0.05, 0.1) is 12.0 Å². The summed E-state index contributed by atoms with van der Waals surface area (Å²) < 4.78 is 29.6. The number of halogens is 2. The zero-order chi connectivity index (χ0) is 23.9. The zero-order valence-electron chi connectivity index (χ0n) is 18.6. The molecule has 3 saturated heterocycles. The zero-order valence-corrected chi connectivity index (χ0v) is 18.6. The van der Waals surface area contributed by atoms with E-state index in [0.29, 0.717) is 31.7 Å². The van der Waals surface area contributed by atoms with Crippen molar-refractivity contribution in [2.45, 2.75) is 87.9 Å². The van der Waals surface area contributed by atoms with Gasteiger partial charge in [0.1, 0.15) is 12.1 Å². The Morgan fingerprint density at radius 3 is 2.42 bits per heavy atom. The number of amides is 4. The first-order chi connectivity index (χ1) is 15.6. The van der Waals surface area contributed by atoms with Crippen molar-refractivity contribution in [3.63, 3.8) is 0 Å². The van der Waals surface area contributed by atoms with Gasteiger partial charge in [-0.05, 0) is 38.0 Å². The Bertz CT molecular complexity index is 821. The maximum absolute atomic E-state index is 14.8. The molecular formula is C22H33F2N5O4. The molecule has 33 heavy (non-hydrogen) atoms. The molecule has 0 spiro atoms. The lowest BCUT2D eigenvalue weighted by atomic mass is 9.71. The van der Waals surface area contributed by atoms with E-state index in [1.807, 2.05) is 0 Å². The lowest BCUT2D eigenvalue weighted by Crippen LogP contribution is -2.70. The molecule has 0 aromatic heterocycles. The Kier molecular flexibility index (Phi) is 6.61. The first kappa shape index (κ1) is 23.8. The van der Waals surface area contributed by atoms with Crippen molar-refractivity contribution in [1.29, 1.82) is 0 Å². The number of primary amides is 1. The first-order valence-electron chi connectivity index (χ1n) is 11.9. The van der Waals surface area contributed by atoms with Gasteiger partial charge in [0.25, 0.3) is 5.92 Å². The second-order valence-electron chi connectivity index (χ2n) is 10.1. The van der Waals surface area contributed by atoms with Crippen molar-refractivity contribution in [2.24, 2.45) is 29.2 Å². The molecule has 0 aromatic carbocycles. The Hall–Kier alpha value is -2.30. The highest BCUT2D eigenvalue weighted by Crippen LogP contribution is 2.49. The van der Waals surface area contributed by atoms with E-state index in [9.17, 15) is 28.0 Å². The summed E-state index contributed by atoms with van der Waals surface area (Å²) in [5.41, 5.74) is 11.6. The van der Waals surface area contributed by atoms with E-state index in [-0.39, 0.29) is 18.7 Å². The number of fused-ring (bicyclic) bond motifs is 3. The lowest BCUT2D eigenvalue weighted by Gasteiger charge is -2.54. The minimum Gasteiger partial charge on any atom is -0.368 e. The fourth-order valence-electron chi connectivity index (χ4n) is 5.86. The molecule has 11 heteroatoms. The predicted molar refractivity (Wildman–Crippen MR) is 114 cm³/mol. The summed E-state index contributed by atoms with van der Waals surface area (Å²) >= 11 is 0. The molecule has 3 aliphatic heterocycles. The fraction of sp³-hybridized carbons (Fsp3) is 0.818. The van der Waals surface area contributed by atoms with Gasteiger partial charge in [-0.25, -0.2) is 8.78 Å². The average Bonchev–Trinajstić information content (AvgIpc) is 3.12. The molecule has 5 fully saturated rings. The van der Waals surface area contributed by atoms with Crippen LogP contribution in [-0.2, 0) is 19.2 Å². The molecule has 2 aliphatic carbocycles. The predicted octanol–water partition coefficient (Wildman–Crippen LogP) is 0.0150. The number of hydrogen-bond acceptors (Lipinski definition) is 5. The van der Waals surface area contributed by atoms with Crippen LogP contribution in [0.3, 0.4) is 0 Å². The third-order valence-corrected chi connectivity index (χ3v) is 7.93. The van der Waals surface area contributed by atoms with Gasteiger partial charge >= 0.3 is 0 Å². The van der Waals surface area contributed by atoms with Gasteiger partial charge in [-0.15, -0.1) is 0 Å². The molecule has 3 heterocycles. The molecule has 6 N–H and O–H groups in total. The molecule has 0 unspecified atom stereocenters. The Labute approximate surface area is 191 Å². The van der Waals surface area contributed by atoms with Gasteiger partial charge in [-0.1, -0.05) is 19.3 Å². The van der Waals surface area contributed by atoms with Crippen LogP contribution in [0.4, 0.5) is 8.78 Å². The average molecular weight is 470 g/mol. The SMILES string of the molecule is NC(=O)[C@H](C[C@@H]1CCNC1=O)NC(=O)[C@H]1[C@@H]2CC[C@@H](CC2(F)F)N1C(=O)[C@@H](N)CC1CCC1. The van der Waals surface area contributed by atoms with Crippen molar-refractivity contribution in [3.05, 3.63) is 0 Å². The van der Waals surface area contributed by atoms with Gasteiger partial charge in [-0.2, -0.15) is 0 Å². The summed E-state index contributed by atoms with van der Waals surface area (Å²) in [6.45, 7) is 0.461. The number of carbonyl (C=O) groups excluding carboxylic acids is 4. The van der Waals surface area contributed by atoms with Crippen LogP contribution < -0.4 is 22.1 Å². The number of nitrogens with one attached hydrogen (secondary N) is 2. The minimum atomic E-state index is -3.10. The summed E-state index contributed by atoms with van der Waals surface area (Å²) in [7, 11) is 0. The van der Waals surface area contributed by atoms with Crippen molar-refractivity contribution >= 4 is 23.6 Å². The topological polar surface area (TPSA) is 148 Å². The molecular weight excluding hydrogens is 436 g/mol. The number of piperidine rings is 2. The van der Waals surface area contributed by atoms with E-state index >= 15 is 0 Å². The van der Waals surface area contributed by atoms with Crippen LogP contribution >= 0.6 is 0 Å². The van der Waals surface area contributed by atoms with E-state index in [4.69, 9.17) is 11.5 Å². The van der Waals surface area contributed by atoms with Gasteiger partial charge in [0.2, 0.25) is 23.6 Å². The van der Waals surface area contributed by atoms with Crippen molar-refractivity contribution in [2.75, 3.05) is 6.54 Å². The second-order valence-corrected chi connectivity index (χ2v) is 10.1. The maximum atomic E-state index is 14.8. The van der Waals surface area contributed by atoms with E-state index < -0.39 is 66.1 Å². The highest BCUT2D eigenvalue weighted by molar-refractivity contribution is 5.94. The monoisotopic (exact) mass is 469 g/mol. The largest absolute Gasteiger partial charge is 0.368 e. The van der Waals surface area contributed by atoms with E-state index in [0.717, 1.165) is 19.3 Å². The molecule has 0 radical (unpaired) electrons. The van der Waals surface area contributed by atoms with Crippen LogP contribution in [0.5, 0.6) is 0 Å². The third-order valence-electron chi connectivity index (χ3n) is 7.93. The van der Waals surface area contributed by atoms with Gasteiger partial charge in [-0.3, -0.25) is 19.2 Å². The Balaban J connectivity index is 1.52. The van der Waals surface area contributed by atoms with Crippen molar-refractivity contribution in [3.8, 4) is 0 Å². The number of alkyl halides is 2. The van der Waals surface area contributed by atoms with E-state index in [1.165, 1.54) is 4.90 Å². The number of nitrogens with two attached hydrogens (primary N) is 2. The first-order valence-corrected chi connectivity index (χ1v) is 11.9. The lowest BCUT2D eigenvalue weighted by molar-refractivity contribution is -0.195. The third kappa shape index (κ3) is 4.69. The summed E-state index contributed by atoms with van der Waals surface area (Å²) in [6, 6.07) is -4.26. The standard InChI is InChI=1S/C22H33F2N5O4/c23-22(24)10-13-4-5-14(22)17(29(13)21(33)15(25)8-11-2-1-3-11)20(32)28-16(18(26)30)9-12-6-7-27-19(12)31/h11-17H,1-10,25H2,(H2,26,30)(H,27,31)(H,28,32)/t12-,13-,14-,15-,16-,17+/m0/s1. The quantitative estimate of drug-likeness (QED) is 0.395. The minimum absolute atomic E-state index is 0.0146. The molecule has 0 aromatic rings. The Morgan fingerprint density at radius 1 is 1.15 bits per heavy atom. The van der Waals surface area contributed by atoms with Crippen LogP contribution in [0.25, 0.3) is 0 Å². The van der Waals surface area contributed by atoms with Crippen LogP contribution in [0, 0.1) is 17.8 Å². The maximum Gasteiger partial charge on any atom is 0.255 e. The van der Waals surface area contributed by atoms with Gasteiger partial charge in [0, 0.05) is 24.9 Å². The van der Waals surface area contributed by atoms with Crippen LogP contribution in [0.2, 0.25) is 0 Å². The number of nitrogens with zero attached hydrogens (tertiary/aromatic N) is 1. The van der Waals surface area contributed by atoms with Crippen LogP contribution in [-0.4, -0.2) is 65.2 Å². The molecule has 184 valence electrons. The smallest absolute Gasteiger partial charge is 0.255 e. The van der Waals surface area contributed by atoms with Gasteiger partial charge < -0.3 is 27.0 Å². The van der Waals surface area contributed by atoms with Gasteiger partial charge in [0.15, 0.2) is 0 Å². The molecule has 6 atom stereocenters. The highest BCUT2D eigenvalue weighted by Gasteiger charge is 2.61. The molecule has 4 amide bonds. The molecule has 9 nitrogen and oxygen atoms in total. The number of hydrogen-bond donors (Lipinski definition) is 4. The Morgan fingerprint density at radius 2 is 1.88 bits per heavy atom. The van der Waals surface area contributed by atoms with Crippen LogP contribution in [0.15, 0.2) is 0 Å². The van der Waals surface area contributed by atoms with E-state index in [1.54, 1.807) is 0 Å². The summed E-state index contributed by atoms with van der Waals surface area (Å²) in [4.78, 5) is 51.7. The molecule has 2 saturated carbocycles. The van der Waals surface area contributed by atoms with Crippen molar-refractivity contribution < 1.29 is 28.0 Å². The normalized spacial score (nSPS) is 32.6. The molecule has 5 aliphatic rings. The molecule has 5 rings (SSSR count). The number of rotatable bonds is 8. The van der Waals surface area contributed by atoms with E-state index in [2.05, 4.69) is 10.6 Å². The summed E-state index contributed by atoms with van der Waals surface area (Å²) in [5, 5.41) is 5.13. The summed E-state index contributed by atoms with van der Waals surface area (Å²) in [5.74, 6) is -7.03. The molecule has 2 bridgehead atoms. The van der Waals surface area contributed by atoms with Crippen molar-refractivity contribution in [1.82, 2.24) is 15.5 Å². The fourth-order valence-corrected chi connectivity index (χ4v) is 5.86.